The van der Waals surface area contributed by atoms with E-state index in [9.17, 15) is 4.79 Å². The molecule has 0 heterocycles. The van der Waals surface area contributed by atoms with Crippen LogP contribution in [0.15, 0.2) is 22.7 Å². The molecule has 4 heteroatoms. The van der Waals surface area contributed by atoms with Crippen molar-refractivity contribution in [2.24, 2.45) is 0 Å². The van der Waals surface area contributed by atoms with E-state index in [2.05, 4.69) is 21.2 Å². The van der Waals surface area contributed by atoms with Crippen LogP contribution in [0.4, 0.5) is 0 Å². The van der Waals surface area contributed by atoms with Crippen LogP contribution >= 0.6 is 27.5 Å². The van der Waals surface area contributed by atoms with Crippen LogP contribution in [-0.2, 0) is 0 Å². The van der Waals surface area contributed by atoms with Crippen molar-refractivity contribution in [2.75, 3.05) is 0 Å². The van der Waals surface area contributed by atoms with Gasteiger partial charge in [-0.05, 0) is 53.7 Å². The Balaban J connectivity index is 2.12. The highest BCUT2D eigenvalue weighted by Gasteiger charge is 2.27. The number of benzene rings is 1. The number of rotatable bonds is 2. The Labute approximate surface area is 115 Å². The zero-order valence-corrected chi connectivity index (χ0v) is 12.0. The Bertz CT molecular complexity index is 435. The average molecular weight is 317 g/mol. The Kier molecular flexibility index (Phi) is 4.10. The maximum atomic E-state index is 12.1. The number of halogens is 2. The molecule has 1 aliphatic rings. The smallest absolute Gasteiger partial charge is 0.252 e. The lowest BCUT2D eigenvalue weighted by Gasteiger charge is -2.16. The zero-order valence-electron chi connectivity index (χ0n) is 9.67. The van der Waals surface area contributed by atoms with Crippen molar-refractivity contribution in [3.05, 3.63) is 33.8 Å². The summed E-state index contributed by atoms with van der Waals surface area (Å²) < 4.78 is 0.863. The summed E-state index contributed by atoms with van der Waals surface area (Å²) in [5, 5.41) is 3.08. The monoisotopic (exact) mass is 315 g/mol. The van der Waals surface area contributed by atoms with Gasteiger partial charge in [0.05, 0.1) is 10.9 Å². The van der Waals surface area contributed by atoms with Crippen LogP contribution in [-0.4, -0.2) is 17.3 Å². The third-order valence-electron chi connectivity index (χ3n) is 3.18. The molecule has 1 saturated carbocycles. The van der Waals surface area contributed by atoms with Crippen molar-refractivity contribution < 1.29 is 4.79 Å². The van der Waals surface area contributed by atoms with E-state index in [-0.39, 0.29) is 17.3 Å². The van der Waals surface area contributed by atoms with Crippen LogP contribution < -0.4 is 5.32 Å². The molecule has 92 valence electrons. The fourth-order valence-electron chi connectivity index (χ4n) is 2.15. The van der Waals surface area contributed by atoms with Gasteiger partial charge in [-0.25, -0.2) is 0 Å². The van der Waals surface area contributed by atoms with E-state index in [1.807, 2.05) is 25.1 Å². The van der Waals surface area contributed by atoms with Crippen LogP contribution in [0, 0.1) is 6.92 Å². The van der Waals surface area contributed by atoms with Gasteiger partial charge < -0.3 is 5.32 Å². The van der Waals surface area contributed by atoms with E-state index in [0.717, 1.165) is 29.3 Å². The van der Waals surface area contributed by atoms with E-state index in [1.54, 1.807) is 0 Å². The van der Waals surface area contributed by atoms with E-state index in [4.69, 9.17) is 11.6 Å². The average Bonchev–Trinajstić information content (AvgIpc) is 2.68. The van der Waals surface area contributed by atoms with Gasteiger partial charge in [0, 0.05) is 10.5 Å². The van der Waals surface area contributed by atoms with Gasteiger partial charge in [-0.1, -0.05) is 12.1 Å². The number of aryl methyl sites for hydroxylation is 1. The first-order valence-corrected chi connectivity index (χ1v) is 7.02. The second kappa shape index (κ2) is 5.40. The molecule has 1 N–H and O–H groups in total. The summed E-state index contributed by atoms with van der Waals surface area (Å²) in [6.45, 7) is 1.97. The fraction of sp³-hybridized carbons (Fsp3) is 0.462. The number of nitrogens with one attached hydrogen (secondary N) is 1. The maximum Gasteiger partial charge on any atom is 0.252 e. The third kappa shape index (κ3) is 2.83. The predicted molar refractivity (Wildman–Crippen MR) is 73.6 cm³/mol. The standard InChI is InChI=1S/C13H15BrClNO/c1-8-4-2-5-9(12(8)14)13(17)16-11-7-3-6-10(11)15/h2,4-5,10-11H,3,6-7H2,1H3,(H,16,17). The van der Waals surface area contributed by atoms with Crippen molar-refractivity contribution in [1.82, 2.24) is 5.32 Å². The molecule has 0 bridgehead atoms. The van der Waals surface area contributed by atoms with Gasteiger partial charge in [0.25, 0.3) is 5.91 Å². The lowest BCUT2D eigenvalue weighted by atomic mass is 10.1. The van der Waals surface area contributed by atoms with E-state index < -0.39 is 0 Å². The number of hydrogen-bond acceptors (Lipinski definition) is 1. The Morgan fingerprint density at radius 3 is 2.88 bits per heavy atom. The minimum Gasteiger partial charge on any atom is -0.348 e. The molecule has 0 spiro atoms. The molecule has 1 fully saturated rings. The first kappa shape index (κ1) is 12.9. The van der Waals surface area contributed by atoms with Crippen molar-refractivity contribution in [3.8, 4) is 0 Å². The summed E-state index contributed by atoms with van der Waals surface area (Å²) in [4.78, 5) is 12.1. The predicted octanol–water partition coefficient (Wildman–Crippen LogP) is 3.65. The molecule has 1 amide bonds. The molecular formula is C13H15BrClNO. The SMILES string of the molecule is Cc1cccc(C(=O)NC2CCCC2Cl)c1Br. The number of amides is 1. The highest BCUT2D eigenvalue weighted by atomic mass is 79.9. The summed E-state index contributed by atoms with van der Waals surface area (Å²) in [5.41, 5.74) is 1.74. The maximum absolute atomic E-state index is 12.1. The van der Waals surface area contributed by atoms with Crippen LogP contribution in [0.5, 0.6) is 0 Å². The Morgan fingerprint density at radius 1 is 1.47 bits per heavy atom. The molecule has 2 nitrogen and oxygen atoms in total. The first-order valence-electron chi connectivity index (χ1n) is 5.79. The van der Waals surface area contributed by atoms with Crippen molar-refractivity contribution in [3.63, 3.8) is 0 Å². The highest BCUT2D eigenvalue weighted by Crippen LogP contribution is 2.26. The molecule has 2 unspecified atom stereocenters. The quantitative estimate of drug-likeness (QED) is 0.829. The molecule has 0 radical (unpaired) electrons. The zero-order chi connectivity index (χ0) is 12.4. The van der Waals surface area contributed by atoms with Gasteiger partial charge in [0.15, 0.2) is 0 Å². The minimum absolute atomic E-state index is 0.0434. The highest BCUT2D eigenvalue weighted by molar-refractivity contribution is 9.10. The Morgan fingerprint density at radius 2 is 2.24 bits per heavy atom. The second-order valence-electron chi connectivity index (χ2n) is 4.46. The van der Waals surface area contributed by atoms with Crippen LogP contribution in [0.3, 0.4) is 0 Å². The van der Waals surface area contributed by atoms with Crippen molar-refractivity contribution in [2.45, 2.75) is 37.6 Å². The lowest BCUT2D eigenvalue weighted by Crippen LogP contribution is -2.38. The lowest BCUT2D eigenvalue weighted by molar-refractivity contribution is 0.0937. The van der Waals surface area contributed by atoms with E-state index in [1.165, 1.54) is 0 Å². The molecule has 0 aliphatic heterocycles. The number of alkyl halides is 1. The van der Waals surface area contributed by atoms with Gasteiger partial charge >= 0.3 is 0 Å². The number of carbonyl (C=O) groups excluding carboxylic acids is 1. The van der Waals surface area contributed by atoms with Gasteiger partial charge in [-0.2, -0.15) is 0 Å². The van der Waals surface area contributed by atoms with Gasteiger partial charge in [-0.3, -0.25) is 4.79 Å². The fourth-order valence-corrected chi connectivity index (χ4v) is 2.93. The topological polar surface area (TPSA) is 29.1 Å². The van der Waals surface area contributed by atoms with Crippen LogP contribution in [0.2, 0.25) is 0 Å². The summed E-state index contributed by atoms with van der Waals surface area (Å²) in [7, 11) is 0. The molecular weight excluding hydrogens is 302 g/mol. The molecule has 2 atom stereocenters. The molecule has 0 aromatic heterocycles. The molecule has 2 rings (SSSR count). The molecule has 0 saturated heterocycles. The Hall–Kier alpha value is -0.540. The first-order chi connectivity index (χ1) is 8.09. The van der Waals surface area contributed by atoms with Gasteiger partial charge in [0.2, 0.25) is 0 Å². The summed E-state index contributed by atoms with van der Waals surface area (Å²) >= 11 is 9.61. The third-order valence-corrected chi connectivity index (χ3v) is 4.76. The normalized spacial score (nSPS) is 23.7. The van der Waals surface area contributed by atoms with E-state index >= 15 is 0 Å². The molecule has 17 heavy (non-hydrogen) atoms. The molecule has 1 aromatic carbocycles. The van der Waals surface area contributed by atoms with Crippen LogP contribution in [0.1, 0.15) is 35.2 Å². The summed E-state index contributed by atoms with van der Waals surface area (Å²) in [6.07, 6.45) is 3.05. The number of carbonyl (C=O) groups is 1. The second-order valence-corrected chi connectivity index (χ2v) is 5.82. The van der Waals surface area contributed by atoms with Crippen molar-refractivity contribution >= 4 is 33.4 Å². The molecule has 1 aliphatic carbocycles. The van der Waals surface area contributed by atoms with Crippen LogP contribution in [0.25, 0.3) is 0 Å². The minimum atomic E-state index is -0.0434. The summed E-state index contributed by atoms with van der Waals surface area (Å²) in [5.74, 6) is -0.0434. The largest absolute Gasteiger partial charge is 0.348 e. The number of hydrogen-bond donors (Lipinski definition) is 1. The van der Waals surface area contributed by atoms with Crippen molar-refractivity contribution in [1.29, 1.82) is 0 Å². The molecule has 1 aromatic rings. The van der Waals surface area contributed by atoms with Gasteiger partial charge in [0.1, 0.15) is 0 Å². The van der Waals surface area contributed by atoms with E-state index in [0.29, 0.717) is 5.56 Å². The van der Waals surface area contributed by atoms with Gasteiger partial charge in [-0.15, -0.1) is 11.6 Å². The summed E-state index contributed by atoms with van der Waals surface area (Å²) in [6, 6.07) is 5.80.